The smallest absolute Gasteiger partial charge is 0.313 e. The first-order valence-corrected chi connectivity index (χ1v) is 6.26. The maximum absolute atomic E-state index is 11.9. The third-order valence-corrected chi connectivity index (χ3v) is 3.04. The van der Waals surface area contributed by atoms with Crippen LogP contribution in [0.5, 0.6) is 0 Å². The molecule has 20 heavy (non-hydrogen) atoms. The van der Waals surface area contributed by atoms with Crippen molar-refractivity contribution in [3.8, 4) is 6.07 Å². The van der Waals surface area contributed by atoms with Crippen LogP contribution in [0, 0.1) is 25.2 Å². The second-order valence-electron chi connectivity index (χ2n) is 4.67. The maximum Gasteiger partial charge on any atom is 0.313 e. The molecule has 0 spiro atoms. The Balaban J connectivity index is 2.76. The molecule has 0 aliphatic rings. The molecule has 0 aliphatic carbocycles. The van der Waals surface area contributed by atoms with Crippen LogP contribution in [0.4, 0.5) is 5.69 Å². The molecular formula is C14H18N4O2. The number of pyridine rings is 1. The topological polar surface area (TPSA) is 86.1 Å². The fourth-order valence-electron chi connectivity index (χ4n) is 1.62. The van der Waals surface area contributed by atoms with Crippen LogP contribution >= 0.6 is 0 Å². The maximum atomic E-state index is 11.9. The van der Waals surface area contributed by atoms with E-state index >= 15 is 0 Å². The molecule has 1 rings (SSSR count). The second-order valence-corrected chi connectivity index (χ2v) is 4.67. The lowest BCUT2D eigenvalue weighted by atomic mass is 10.2. The zero-order valence-electron chi connectivity index (χ0n) is 12.1. The van der Waals surface area contributed by atoms with E-state index in [1.165, 1.54) is 11.9 Å². The predicted molar refractivity (Wildman–Crippen MR) is 74.8 cm³/mol. The fourth-order valence-corrected chi connectivity index (χ4v) is 1.62. The number of amides is 2. The number of anilines is 1. The molecule has 0 fully saturated rings. The van der Waals surface area contributed by atoms with Gasteiger partial charge in [-0.1, -0.05) is 0 Å². The average Bonchev–Trinajstić information content (AvgIpc) is 2.40. The van der Waals surface area contributed by atoms with Crippen LogP contribution in [0.2, 0.25) is 0 Å². The number of hydrogen-bond donors (Lipinski definition) is 1. The van der Waals surface area contributed by atoms with Gasteiger partial charge in [0.15, 0.2) is 0 Å². The Morgan fingerprint density at radius 1 is 1.45 bits per heavy atom. The van der Waals surface area contributed by atoms with Crippen molar-refractivity contribution in [3.63, 3.8) is 0 Å². The largest absolute Gasteiger partial charge is 0.334 e. The molecule has 0 aromatic carbocycles. The molecule has 1 aromatic rings. The van der Waals surface area contributed by atoms with Crippen LogP contribution in [0.3, 0.4) is 0 Å². The summed E-state index contributed by atoms with van der Waals surface area (Å²) in [6.45, 7) is 5.32. The van der Waals surface area contributed by atoms with E-state index in [1.54, 1.807) is 26.0 Å². The van der Waals surface area contributed by atoms with Crippen molar-refractivity contribution in [2.45, 2.75) is 33.2 Å². The molecule has 1 heterocycles. The minimum Gasteiger partial charge on any atom is -0.334 e. The Bertz CT molecular complexity index is 563. The lowest BCUT2D eigenvalue weighted by Crippen LogP contribution is -2.42. The minimum atomic E-state index is -0.731. The van der Waals surface area contributed by atoms with Gasteiger partial charge in [0, 0.05) is 18.8 Å². The van der Waals surface area contributed by atoms with E-state index in [1.807, 2.05) is 13.0 Å². The Kier molecular flexibility index (Phi) is 5.21. The van der Waals surface area contributed by atoms with Gasteiger partial charge in [-0.2, -0.15) is 5.26 Å². The van der Waals surface area contributed by atoms with Crippen molar-refractivity contribution in [1.82, 2.24) is 9.88 Å². The lowest BCUT2D eigenvalue weighted by Gasteiger charge is -2.22. The number of likely N-dealkylation sites (N-methyl/N-ethyl adjacent to an activating group) is 1. The molecule has 0 radical (unpaired) electrons. The van der Waals surface area contributed by atoms with Gasteiger partial charge in [-0.05, 0) is 32.9 Å². The first-order valence-electron chi connectivity index (χ1n) is 6.26. The number of rotatable bonds is 3. The van der Waals surface area contributed by atoms with Gasteiger partial charge in [0.1, 0.15) is 0 Å². The number of nitrogens with zero attached hydrogens (tertiary/aromatic N) is 3. The van der Waals surface area contributed by atoms with E-state index < -0.39 is 11.8 Å². The standard InChI is InChI=1S/C14H18N4O2/c1-9-5-6-12(11(3)16-9)17-13(19)14(20)18(4)10(2)7-8-15/h5-6,10H,7H2,1-4H3,(H,17,19). The number of aromatic nitrogens is 1. The Hall–Kier alpha value is -2.42. The van der Waals surface area contributed by atoms with Gasteiger partial charge in [-0.3, -0.25) is 14.6 Å². The quantitative estimate of drug-likeness (QED) is 0.844. The second kappa shape index (κ2) is 6.66. The molecule has 1 atom stereocenters. The highest BCUT2D eigenvalue weighted by atomic mass is 16.2. The number of hydrogen-bond acceptors (Lipinski definition) is 4. The third kappa shape index (κ3) is 3.79. The Morgan fingerprint density at radius 3 is 2.65 bits per heavy atom. The van der Waals surface area contributed by atoms with Crippen LogP contribution in [-0.2, 0) is 9.59 Å². The number of carbonyl (C=O) groups is 2. The van der Waals surface area contributed by atoms with E-state index in [-0.39, 0.29) is 12.5 Å². The highest BCUT2D eigenvalue weighted by Crippen LogP contribution is 2.13. The van der Waals surface area contributed by atoms with Gasteiger partial charge < -0.3 is 10.2 Å². The normalized spacial score (nSPS) is 11.3. The van der Waals surface area contributed by atoms with Crippen LogP contribution in [-0.4, -0.2) is 34.8 Å². The van der Waals surface area contributed by atoms with Gasteiger partial charge >= 0.3 is 11.8 Å². The average molecular weight is 274 g/mol. The summed E-state index contributed by atoms with van der Waals surface area (Å²) < 4.78 is 0. The van der Waals surface area contributed by atoms with Gasteiger partial charge in [-0.25, -0.2) is 0 Å². The summed E-state index contributed by atoms with van der Waals surface area (Å²) in [4.78, 5) is 29.3. The van der Waals surface area contributed by atoms with E-state index in [9.17, 15) is 9.59 Å². The molecular weight excluding hydrogens is 256 g/mol. The molecule has 6 nitrogen and oxygen atoms in total. The zero-order valence-corrected chi connectivity index (χ0v) is 12.1. The van der Waals surface area contributed by atoms with Crippen molar-refractivity contribution in [2.24, 2.45) is 0 Å². The molecule has 0 bridgehead atoms. The minimum absolute atomic E-state index is 0.181. The van der Waals surface area contributed by atoms with Crippen molar-refractivity contribution in [2.75, 3.05) is 12.4 Å². The van der Waals surface area contributed by atoms with Crippen LogP contribution in [0.15, 0.2) is 12.1 Å². The number of carbonyl (C=O) groups excluding carboxylic acids is 2. The first kappa shape index (κ1) is 15.6. The van der Waals surface area contributed by atoms with E-state index in [0.29, 0.717) is 11.4 Å². The molecule has 1 aromatic heterocycles. The van der Waals surface area contributed by atoms with Crippen molar-refractivity contribution in [1.29, 1.82) is 5.26 Å². The van der Waals surface area contributed by atoms with Crippen LogP contribution in [0.1, 0.15) is 24.7 Å². The van der Waals surface area contributed by atoms with Gasteiger partial charge in [0.05, 0.1) is 23.9 Å². The van der Waals surface area contributed by atoms with Crippen molar-refractivity contribution >= 4 is 17.5 Å². The summed E-state index contributed by atoms with van der Waals surface area (Å²) >= 11 is 0. The van der Waals surface area contributed by atoms with Crippen molar-refractivity contribution < 1.29 is 9.59 Å². The molecule has 0 aliphatic heterocycles. The predicted octanol–water partition coefficient (Wildman–Crippen LogP) is 1.40. The molecule has 1 N–H and O–H groups in total. The van der Waals surface area contributed by atoms with E-state index in [0.717, 1.165) is 5.69 Å². The molecule has 0 saturated carbocycles. The highest BCUT2D eigenvalue weighted by molar-refractivity contribution is 6.39. The molecule has 1 unspecified atom stereocenters. The number of nitrogens with one attached hydrogen (secondary N) is 1. The SMILES string of the molecule is Cc1ccc(NC(=O)C(=O)N(C)C(C)CC#N)c(C)n1. The molecule has 0 saturated heterocycles. The molecule has 2 amide bonds. The van der Waals surface area contributed by atoms with Gasteiger partial charge in [0.2, 0.25) is 0 Å². The zero-order chi connectivity index (χ0) is 15.3. The van der Waals surface area contributed by atoms with Crippen LogP contribution < -0.4 is 5.32 Å². The van der Waals surface area contributed by atoms with Gasteiger partial charge in [-0.15, -0.1) is 0 Å². The Morgan fingerprint density at radius 2 is 2.10 bits per heavy atom. The summed E-state index contributed by atoms with van der Waals surface area (Å²) in [5.41, 5.74) is 2.00. The summed E-state index contributed by atoms with van der Waals surface area (Å²) in [5.74, 6) is -1.40. The Labute approximate surface area is 118 Å². The summed E-state index contributed by atoms with van der Waals surface area (Å²) in [6.07, 6.45) is 0.181. The lowest BCUT2D eigenvalue weighted by molar-refractivity contribution is -0.143. The third-order valence-electron chi connectivity index (χ3n) is 3.04. The number of aryl methyl sites for hydroxylation is 2. The van der Waals surface area contributed by atoms with E-state index in [2.05, 4.69) is 10.3 Å². The first-order chi connectivity index (χ1) is 9.36. The molecule has 6 heteroatoms. The van der Waals surface area contributed by atoms with Crippen molar-refractivity contribution in [3.05, 3.63) is 23.5 Å². The molecule has 106 valence electrons. The number of nitriles is 1. The highest BCUT2D eigenvalue weighted by Gasteiger charge is 2.23. The summed E-state index contributed by atoms with van der Waals surface area (Å²) in [6, 6.07) is 5.13. The van der Waals surface area contributed by atoms with Gasteiger partial charge in [0.25, 0.3) is 0 Å². The fraction of sp³-hybridized carbons (Fsp3) is 0.429. The summed E-state index contributed by atoms with van der Waals surface area (Å²) in [5, 5.41) is 11.1. The monoisotopic (exact) mass is 274 g/mol. The van der Waals surface area contributed by atoms with Crippen LogP contribution in [0.25, 0.3) is 0 Å². The summed E-state index contributed by atoms with van der Waals surface area (Å²) in [7, 11) is 1.50. The van der Waals surface area contributed by atoms with E-state index in [4.69, 9.17) is 5.26 Å².